The van der Waals surface area contributed by atoms with Gasteiger partial charge < -0.3 is 11.1 Å². The fourth-order valence-electron chi connectivity index (χ4n) is 0.987. The van der Waals surface area contributed by atoms with E-state index in [0.717, 1.165) is 17.8 Å². The van der Waals surface area contributed by atoms with Crippen LogP contribution in [0.15, 0.2) is 36.9 Å². The zero-order valence-corrected chi connectivity index (χ0v) is 8.09. The van der Waals surface area contributed by atoms with Crippen LogP contribution in [0.25, 0.3) is 0 Å². The number of para-hydroxylation sites is 1. The van der Waals surface area contributed by atoms with E-state index < -0.39 is 0 Å². The molecule has 14 heavy (non-hydrogen) atoms. The van der Waals surface area contributed by atoms with Gasteiger partial charge in [-0.2, -0.15) is 0 Å². The minimum absolute atomic E-state index is 0.653. The normalized spacial score (nSPS) is 8.86. The van der Waals surface area contributed by atoms with Gasteiger partial charge in [0.05, 0.1) is 6.54 Å². The second-order valence-electron chi connectivity index (χ2n) is 2.81. The van der Waals surface area contributed by atoms with Crippen LogP contribution in [0.4, 0.5) is 5.69 Å². The molecule has 0 heterocycles. The van der Waals surface area contributed by atoms with Crippen LogP contribution in [0.5, 0.6) is 0 Å². The molecule has 0 aliphatic heterocycles. The Morgan fingerprint density at radius 2 is 2.21 bits per heavy atom. The predicted molar refractivity (Wildman–Crippen MR) is 60.8 cm³/mol. The molecule has 0 atom stereocenters. The number of rotatable bonds is 3. The molecule has 0 spiro atoms. The molecule has 1 rings (SSSR count). The molecule has 0 radical (unpaired) electrons. The van der Waals surface area contributed by atoms with Crippen molar-refractivity contribution in [1.29, 1.82) is 0 Å². The Kier molecular flexibility index (Phi) is 4.33. The molecular weight excluding hydrogens is 172 g/mol. The van der Waals surface area contributed by atoms with E-state index in [1.54, 1.807) is 6.08 Å². The van der Waals surface area contributed by atoms with Gasteiger partial charge in [0.15, 0.2) is 0 Å². The van der Waals surface area contributed by atoms with E-state index in [9.17, 15) is 0 Å². The van der Waals surface area contributed by atoms with Gasteiger partial charge in [0, 0.05) is 17.8 Å². The molecule has 2 heteroatoms. The number of hydrogen-bond acceptors (Lipinski definition) is 2. The van der Waals surface area contributed by atoms with Gasteiger partial charge in [-0.15, -0.1) is 6.58 Å². The van der Waals surface area contributed by atoms with E-state index >= 15 is 0 Å². The lowest BCUT2D eigenvalue weighted by Gasteiger charge is -1.95. The number of nitrogens with two attached hydrogens (primary N) is 1. The summed E-state index contributed by atoms with van der Waals surface area (Å²) in [5.41, 5.74) is 7.33. The van der Waals surface area contributed by atoms with E-state index in [2.05, 4.69) is 23.7 Å². The molecule has 0 saturated heterocycles. The highest BCUT2D eigenvalue weighted by Crippen LogP contribution is 2.07. The van der Waals surface area contributed by atoms with Gasteiger partial charge in [-0.05, 0) is 12.1 Å². The minimum Gasteiger partial charge on any atom is -0.398 e. The molecule has 0 amide bonds. The van der Waals surface area contributed by atoms with Gasteiger partial charge in [0.1, 0.15) is 0 Å². The van der Waals surface area contributed by atoms with Crippen LogP contribution in [-0.2, 0) is 0 Å². The highest BCUT2D eigenvalue weighted by atomic mass is 14.8. The van der Waals surface area contributed by atoms with Gasteiger partial charge >= 0.3 is 0 Å². The number of nitrogen functional groups attached to an aromatic ring is 1. The maximum Gasteiger partial charge on any atom is 0.0582 e. The van der Waals surface area contributed by atoms with Crippen molar-refractivity contribution in [2.24, 2.45) is 0 Å². The third-order valence-electron chi connectivity index (χ3n) is 1.69. The zero-order chi connectivity index (χ0) is 10.2. The topological polar surface area (TPSA) is 38.0 Å². The van der Waals surface area contributed by atoms with Crippen molar-refractivity contribution in [3.8, 4) is 11.8 Å². The average Bonchev–Trinajstić information content (AvgIpc) is 2.20. The summed E-state index contributed by atoms with van der Waals surface area (Å²) in [5, 5.41) is 3.09. The van der Waals surface area contributed by atoms with Crippen molar-refractivity contribution in [1.82, 2.24) is 5.32 Å². The lowest BCUT2D eigenvalue weighted by atomic mass is 10.2. The summed E-state index contributed by atoms with van der Waals surface area (Å²) in [6.07, 6.45) is 1.80. The Morgan fingerprint density at radius 3 is 2.93 bits per heavy atom. The third-order valence-corrected chi connectivity index (χ3v) is 1.69. The van der Waals surface area contributed by atoms with Crippen LogP contribution in [0, 0.1) is 11.8 Å². The minimum atomic E-state index is 0.653. The largest absolute Gasteiger partial charge is 0.398 e. The molecule has 0 aromatic heterocycles. The average molecular weight is 186 g/mol. The lowest BCUT2D eigenvalue weighted by molar-refractivity contribution is 0.858. The van der Waals surface area contributed by atoms with Gasteiger partial charge in [0.2, 0.25) is 0 Å². The molecule has 2 nitrogen and oxygen atoms in total. The van der Waals surface area contributed by atoms with Crippen LogP contribution in [0.3, 0.4) is 0 Å². The highest BCUT2D eigenvalue weighted by Gasteiger charge is 1.90. The molecule has 0 fully saturated rings. The molecule has 0 aliphatic carbocycles. The summed E-state index contributed by atoms with van der Waals surface area (Å²) in [6.45, 7) is 5.03. The standard InChI is InChI=1S/C12H14N2/c1-2-9-14-10-5-7-11-6-3-4-8-12(11)13/h2-4,6,8,14H,1,9-10,13H2. The molecule has 0 saturated carbocycles. The summed E-state index contributed by atoms with van der Waals surface area (Å²) in [6, 6.07) is 7.59. The maximum absolute atomic E-state index is 5.72. The Bertz CT molecular complexity index is 358. The Morgan fingerprint density at radius 1 is 1.43 bits per heavy atom. The molecule has 0 aliphatic rings. The van der Waals surface area contributed by atoms with Crippen molar-refractivity contribution in [3.05, 3.63) is 42.5 Å². The van der Waals surface area contributed by atoms with Crippen LogP contribution < -0.4 is 11.1 Å². The summed E-state index contributed by atoms with van der Waals surface area (Å²) in [4.78, 5) is 0. The van der Waals surface area contributed by atoms with E-state index in [1.165, 1.54) is 0 Å². The maximum atomic E-state index is 5.72. The molecular formula is C12H14N2. The predicted octanol–water partition coefficient (Wildman–Crippen LogP) is 1.40. The summed E-state index contributed by atoms with van der Waals surface area (Å²) in [7, 11) is 0. The van der Waals surface area contributed by atoms with Crippen molar-refractivity contribution < 1.29 is 0 Å². The van der Waals surface area contributed by atoms with E-state index in [-0.39, 0.29) is 0 Å². The van der Waals surface area contributed by atoms with Crippen LogP contribution in [0.1, 0.15) is 5.56 Å². The monoisotopic (exact) mass is 186 g/mol. The summed E-state index contributed by atoms with van der Waals surface area (Å²) < 4.78 is 0. The third kappa shape index (κ3) is 3.34. The van der Waals surface area contributed by atoms with Crippen LogP contribution >= 0.6 is 0 Å². The Hall–Kier alpha value is -1.72. The SMILES string of the molecule is C=CCNCC#Cc1ccccc1N. The number of benzene rings is 1. The fraction of sp³-hybridized carbons (Fsp3) is 0.167. The first kappa shape index (κ1) is 10.4. The number of nitrogens with one attached hydrogen (secondary N) is 1. The quantitative estimate of drug-likeness (QED) is 0.324. The number of hydrogen-bond donors (Lipinski definition) is 2. The smallest absolute Gasteiger partial charge is 0.0582 e. The van der Waals surface area contributed by atoms with Gasteiger partial charge in [-0.3, -0.25) is 0 Å². The fourth-order valence-corrected chi connectivity index (χ4v) is 0.987. The zero-order valence-electron chi connectivity index (χ0n) is 8.09. The Labute approximate surface area is 84.8 Å². The number of anilines is 1. The van der Waals surface area contributed by atoms with Gasteiger partial charge in [0.25, 0.3) is 0 Å². The first-order chi connectivity index (χ1) is 6.84. The first-order valence-electron chi connectivity index (χ1n) is 4.49. The second-order valence-corrected chi connectivity index (χ2v) is 2.81. The Balaban J connectivity index is 2.51. The van der Waals surface area contributed by atoms with E-state index in [0.29, 0.717) is 6.54 Å². The van der Waals surface area contributed by atoms with Gasteiger partial charge in [-0.25, -0.2) is 0 Å². The molecule has 3 N–H and O–H groups in total. The molecule has 0 bridgehead atoms. The van der Waals surface area contributed by atoms with Crippen molar-refractivity contribution in [3.63, 3.8) is 0 Å². The second kappa shape index (κ2) is 5.85. The highest BCUT2D eigenvalue weighted by molar-refractivity contribution is 5.55. The van der Waals surface area contributed by atoms with Crippen molar-refractivity contribution in [2.75, 3.05) is 18.8 Å². The molecule has 0 unspecified atom stereocenters. The molecule has 1 aromatic rings. The van der Waals surface area contributed by atoms with Crippen molar-refractivity contribution >= 4 is 5.69 Å². The van der Waals surface area contributed by atoms with Crippen LogP contribution in [-0.4, -0.2) is 13.1 Å². The molecule has 1 aromatic carbocycles. The molecule has 72 valence electrons. The first-order valence-corrected chi connectivity index (χ1v) is 4.49. The van der Waals surface area contributed by atoms with Crippen molar-refractivity contribution in [2.45, 2.75) is 0 Å². The van der Waals surface area contributed by atoms with E-state index in [1.807, 2.05) is 24.3 Å². The summed E-state index contributed by atoms with van der Waals surface area (Å²) in [5.74, 6) is 5.99. The van der Waals surface area contributed by atoms with Gasteiger partial charge in [-0.1, -0.05) is 30.0 Å². The summed E-state index contributed by atoms with van der Waals surface area (Å²) >= 11 is 0. The lowest BCUT2D eigenvalue weighted by Crippen LogP contribution is -2.12. The van der Waals surface area contributed by atoms with Crippen LogP contribution in [0.2, 0.25) is 0 Å². The van der Waals surface area contributed by atoms with E-state index in [4.69, 9.17) is 5.73 Å².